The first-order valence-corrected chi connectivity index (χ1v) is 10.3. The Morgan fingerprint density at radius 1 is 1.18 bits per heavy atom. The molecule has 5 nitrogen and oxygen atoms in total. The highest BCUT2D eigenvalue weighted by molar-refractivity contribution is 5.60. The number of likely N-dealkylation sites (tertiary alicyclic amines) is 1. The van der Waals surface area contributed by atoms with Gasteiger partial charge in [0.2, 0.25) is 0 Å². The third-order valence-corrected chi connectivity index (χ3v) is 4.61. The van der Waals surface area contributed by atoms with Crippen LogP contribution in [0.1, 0.15) is 46.0 Å². The summed E-state index contributed by atoms with van der Waals surface area (Å²) in [6, 6.07) is 0. The van der Waals surface area contributed by atoms with Crippen molar-refractivity contribution in [3.05, 3.63) is 48.0 Å². The Balaban J connectivity index is 0.00000171. The van der Waals surface area contributed by atoms with E-state index < -0.39 is 0 Å². The van der Waals surface area contributed by atoms with Crippen LogP contribution in [0.3, 0.4) is 0 Å². The molecule has 1 fully saturated rings. The van der Waals surface area contributed by atoms with E-state index in [0.717, 1.165) is 31.3 Å². The zero-order valence-electron chi connectivity index (χ0n) is 18.2. The summed E-state index contributed by atoms with van der Waals surface area (Å²) in [7, 11) is 2.65. The molecule has 1 saturated heterocycles. The Morgan fingerprint density at radius 3 is 2.43 bits per heavy atom. The van der Waals surface area contributed by atoms with Crippen LogP contribution in [0.25, 0.3) is 0 Å². The lowest BCUT2D eigenvalue weighted by molar-refractivity contribution is -0.110. The number of hydrogen-bond donors (Lipinski definition) is 1. The van der Waals surface area contributed by atoms with Crippen LogP contribution in [0.5, 0.6) is 0 Å². The van der Waals surface area contributed by atoms with E-state index >= 15 is 0 Å². The van der Waals surface area contributed by atoms with Gasteiger partial charge in [-0.1, -0.05) is 38.0 Å². The molecule has 0 spiro atoms. The van der Waals surface area contributed by atoms with Crippen molar-refractivity contribution in [1.82, 2.24) is 4.90 Å². The van der Waals surface area contributed by atoms with E-state index in [9.17, 15) is 4.79 Å². The number of aliphatic hydroxyl groups excluding tert-OH is 1. The van der Waals surface area contributed by atoms with Crippen molar-refractivity contribution in [3.8, 4) is 0 Å². The van der Waals surface area contributed by atoms with Crippen molar-refractivity contribution < 1.29 is 19.4 Å². The third-order valence-electron chi connectivity index (χ3n) is 4.61. The summed E-state index contributed by atoms with van der Waals surface area (Å²) >= 11 is 0. The normalized spacial score (nSPS) is 17.7. The monoisotopic (exact) mass is 393 g/mol. The van der Waals surface area contributed by atoms with Crippen LogP contribution in [-0.4, -0.2) is 56.8 Å². The van der Waals surface area contributed by atoms with E-state index in [1.54, 1.807) is 13.2 Å². The zero-order chi connectivity index (χ0) is 21.2. The van der Waals surface area contributed by atoms with E-state index in [2.05, 4.69) is 11.5 Å². The number of piperidine rings is 1. The number of allylic oxidation sites excluding steroid dienone is 5. The average molecular weight is 394 g/mol. The van der Waals surface area contributed by atoms with Gasteiger partial charge in [0.05, 0.1) is 7.11 Å². The van der Waals surface area contributed by atoms with Gasteiger partial charge in [-0.25, -0.2) is 0 Å². The van der Waals surface area contributed by atoms with Gasteiger partial charge in [-0.3, -0.25) is 4.90 Å². The van der Waals surface area contributed by atoms with Crippen LogP contribution in [-0.2, 0) is 14.3 Å². The largest absolute Gasteiger partial charge is 0.493 e. The molecule has 0 radical (unpaired) electrons. The highest BCUT2D eigenvalue weighted by Gasteiger charge is 2.16. The van der Waals surface area contributed by atoms with Crippen LogP contribution < -0.4 is 0 Å². The lowest BCUT2D eigenvalue weighted by atomic mass is 9.94. The highest BCUT2D eigenvalue weighted by Crippen LogP contribution is 2.25. The summed E-state index contributed by atoms with van der Waals surface area (Å²) < 4.78 is 11.4. The Hall–Kier alpha value is -1.85. The number of methoxy groups -OCH3 is 1. The van der Waals surface area contributed by atoms with Crippen LogP contribution in [0.4, 0.5) is 0 Å². The third kappa shape index (κ3) is 9.38. The van der Waals surface area contributed by atoms with E-state index in [-0.39, 0.29) is 5.92 Å². The van der Waals surface area contributed by atoms with Crippen LogP contribution in [0.2, 0.25) is 0 Å². The van der Waals surface area contributed by atoms with Crippen molar-refractivity contribution >= 4 is 6.29 Å². The van der Waals surface area contributed by atoms with E-state index in [0.29, 0.717) is 25.2 Å². The molecule has 2 aliphatic rings. The standard InChI is InChI=1S/C20H29NO3.C2H6.CH4O/c1-3-7-18(16-22)17-8-10-19(23-2)20(11-9-17)24-15-14-21-12-5-4-6-13-21;2*1-2/h3,8,10-11,16,18H,1,4-7,9,12-15H2,2H3;1-2H3;2H,1H3. The Kier molecular flexibility index (Phi) is 16.1. The number of hydrogen-bond acceptors (Lipinski definition) is 5. The topological polar surface area (TPSA) is 59.0 Å². The van der Waals surface area contributed by atoms with Gasteiger partial charge in [0.15, 0.2) is 11.5 Å². The summed E-state index contributed by atoms with van der Waals surface area (Å²) in [5.41, 5.74) is 1.06. The molecule has 0 saturated carbocycles. The summed E-state index contributed by atoms with van der Waals surface area (Å²) in [6.07, 6.45) is 13.9. The predicted octanol–water partition coefficient (Wildman–Crippen LogP) is 4.26. The number of aldehydes is 1. The quantitative estimate of drug-likeness (QED) is 0.468. The highest BCUT2D eigenvalue weighted by atomic mass is 16.5. The summed E-state index contributed by atoms with van der Waals surface area (Å²) in [4.78, 5) is 13.7. The van der Waals surface area contributed by atoms with Gasteiger partial charge >= 0.3 is 0 Å². The molecule has 2 rings (SSSR count). The predicted molar refractivity (Wildman–Crippen MR) is 116 cm³/mol. The fraction of sp³-hybridized carbons (Fsp3) is 0.609. The van der Waals surface area contributed by atoms with Crippen molar-refractivity contribution in [2.24, 2.45) is 5.92 Å². The smallest absolute Gasteiger partial charge is 0.160 e. The molecule has 0 aromatic heterocycles. The molecular weight excluding hydrogens is 354 g/mol. The number of ether oxygens (including phenoxy) is 2. The molecular formula is C23H39NO4. The molecule has 0 aromatic rings. The Bertz CT molecular complexity index is 517. The molecule has 0 bridgehead atoms. The summed E-state index contributed by atoms with van der Waals surface area (Å²) in [5.74, 6) is 1.36. The minimum absolute atomic E-state index is 0.124. The molecule has 1 aliphatic carbocycles. The lowest BCUT2D eigenvalue weighted by Crippen LogP contribution is -2.32. The maximum Gasteiger partial charge on any atom is 0.160 e. The van der Waals surface area contributed by atoms with Crippen molar-refractivity contribution in [2.75, 3.05) is 40.5 Å². The van der Waals surface area contributed by atoms with Crippen LogP contribution in [0.15, 0.2) is 48.0 Å². The molecule has 160 valence electrons. The van der Waals surface area contributed by atoms with Crippen LogP contribution in [0, 0.1) is 5.92 Å². The SMILES string of the molecule is C=CCC(C=O)C1=CC=C(OC)C(OCCN2CCCCC2)=CC1.CC.CO. The first-order valence-electron chi connectivity index (χ1n) is 10.3. The number of nitrogens with zero attached hydrogens (tertiary/aromatic N) is 1. The Labute approximate surface area is 171 Å². The maximum absolute atomic E-state index is 11.3. The second kappa shape index (κ2) is 17.3. The van der Waals surface area contributed by atoms with Gasteiger partial charge in [-0.15, -0.1) is 6.58 Å². The molecule has 1 N–H and O–H groups in total. The number of rotatable bonds is 9. The summed E-state index contributed by atoms with van der Waals surface area (Å²) in [6.45, 7) is 11.7. The molecule has 0 amide bonds. The van der Waals surface area contributed by atoms with Gasteiger partial charge < -0.3 is 19.4 Å². The van der Waals surface area contributed by atoms with Crippen molar-refractivity contribution in [3.63, 3.8) is 0 Å². The summed E-state index contributed by atoms with van der Waals surface area (Å²) in [5, 5.41) is 7.00. The van der Waals surface area contributed by atoms with E-state index in [4.69, 9.17) is 14.6 Å². The first kappa shape index (κ1) is 26.1. The molecule has 28 heavy (non-hydrogen) atoms. The molecule has 0 aromatic carbocycles. The second-order valence-electron chi connectivity index (χ2n) is 6.27. The van der Waals surface area contributed by atoms with Gasteiger partial charge in [0.25, 0.3) is 0 Å². The number of carbonyl (C=O) groups excluding carboxylic acids is 1. The van der Waals surface area contributed by atoms with Gasteiger partial charge in [0.1, 0.15) is 12.9 Å². The van der Waals surface area contributed by atoms with Gasteiger partial charge in [-0.2, -0.15) is 0 Å². The van der Waals surface area contributed by atoms with Crippen molar-refractivity contribution in [2.45, 2.75) is 46.0 Å². The fourth-order valence-electron chi connectivity index (χ4n) is 3.16. The number of aliphatic hydroxyl groups is 1. The molecule has 5 heteroatoms. The average Bonchev–Trinajstić information content (AvgIpc) is 2.98. The molecule has 1 heterocycles. The Morgan fingerprint density at radius 2 is 1.86 bits per heavy atom. The minimum Gasteiger partial charge on any atom is -0.493 e. The van der Waals surface area contributed by atoms with Gasteiger partial charge in [-0.05, 0) is 50.9 Å². The minimum atomic E-state index is -0.124. The molecule has 1 atom stereocenters. The number of carbonyl (C=O) groups is 1. The first-order chi connectivity index (χ1) is 13.8. The van der Waals surface area contributed by atoms with Crippen LogP contribution >= 0.6 is 0 Å². The second-order valence-corrected chi connectivity index (χ2v) is 6.27. The fourth-order valence-corrected chi connectivity index (χ4v) is 3.16. The molecule has 1 aliphatic heterocycles. The van der Waals surface area contributed by atoms with Gasteiger partial charge in [0, 0.05) is 19.6 Å². The molecule has 1 unspecified atom stereocenters. The van der Waals surface area contributed by atoms with E-state index in [1.807, 2.05) is 32.1 Å². The van der Waals surface area contributed by atoms with E-state index in [1.165, 1.54) is 32.4 Å². The van der Waals surface area contributed by atoms with Crippen molar-refractivity contribution in [1.29, 1.82) is 0 Å². The zero-order valence-corrected chi connectivity index (χ0v) is 18.2. The lowest BCUT2D eigenvalue weighted by Gasteiger charge is -2.26. The maximum atomic E-state index is 11.3.